The van der Waals surface area contributed by atoms with Crippen LogP contribution in [0.2, 0.25) is 0 Å². The van der Waals surface area contributed by atoms with E-state index in [1.54, 1.807) is 41.5 Å². The minimum Gasteiger partial charge on any atom is -0.465 e. The molecule has 40 nitrogen and oxygen atoms in total. The molecule has 0 aliphatic carbocycles. The molecule has 0 aromatic heterocycles. The number of hydrogen-bond donors (Lipinski definition) is 0. The van der Waals surface area contributed by atoms with E-state index in [2.05, 4.69) is 71.6 Å². The molecule has 0 saturated heterocycles. The zero-order chi connectivity index (χ0) is 102. The molecular weight excluding hydrogens is 1720 g/mol. The molecule has 0 heterocycles. The highest BCUT2D eigenvalue weighted by molar-refractivity contribution is 5.98. The summed E-state index contributed by atoms with van der Waals surface area (Å²) in [5.41, 5.74) is 2.42. The number of ketones is 8. The SMILES string of the molecule is C=C(C)C(=O)OCC(C)OC(=O)CC(C)=O.C=C(C)C(=O)OCCCCOC(=O)CC(C)=O.C=C(C)C(=O)OCCCOC(=O)CC(C)=O.C=C(C)C(=O)OCCOC(=O)CC(=O)C(C)C.C=C(C)C(=O)OCCOC(=O)CC(=O)CC.C=C(C)C(=O)OCCOC(=O)CC(C)=O.C=C(C)C(=O)OCCOC(=O)CCC(C)=O.C=C(C)C(=O)OCCOC(=O)CCCC(C)=O. The van der Waals surface area contributed by atoms with Crippen LogP contribution in [0, 0.1) is 5.92 Å². The number of esters is 16. The first-order valence-corrected chi connectivity index (χ1v) is 40.2. The Balaban J connectivity index is -0.000000218. The summed E-state index contributed by atoms with van der Waals surface area (Å²) in [6.07, 6.45) is 1.22. The van der Waals surface area contributed by atoms with E-state index in [-0.39, 0.29) is 231 Å². The van der Waals surface area contributed by atoms with Crippen molar-refractivity contribution < 1.29 is 191 Å². The summed E-state index contributed by atoms with van der Waals surface area (Å²) in [5, 5.41) is 0. The highest BCUT2D eigenvalue weighted by Crippen LogP contribution is 2.07. The molecule has 130 heavy (non-hydrogen) atoms. The maximum Gasteiger partial charge on any atom is 0.333 e. The van der Waals surface area contributed by atoms with Gasteiger partial charge >= 0.3 is 95.5 Å². The zero-order valence-corrected chi connectivity index (χ0v) is 78.4. The van der Waals surface area contributed by atoms with Crippen LogP contribution in [0.25, 0.3) is 0 Å². The minimum absolute atomic E-state index is 0.00248. The van der Waals surface area contributed by atoms with E-state index in [0.29, 0.717) is 60.8 Å². The van der Waals surface area contributed by atoms with Gasteiger partial charge in [0, 0.05) is 82.6 Å². The number of carbonyl (C=O) groups excluding carboxylic acids is 24. The molecule has 0 aromatic carbocycles. The van der Waals surface area contributed by atoms with E-state index in [1.807, 2.05) is 0 Å². The fourth-order valence-corrected chi connectivity index (χ4v) is 6.50. The van der Waals surface area contributed by atoms with E-state index >= 15 is 0 Å². The summed E-state index contributed by atoms with van der Waals surface area (Å²) < 4.78 is 75.7. The number of Topliss-reactive ketones (excluding diaryl/α,β-unsaturated/α-hetero) is 8. The smallest absolute Gasteiger partial charge is 0.333 e. The van der Waals surface area contributed by atoms with Crippen molar-refractivity contribution in [3.05, 3.63) is 97.2 Å². The van der Waals surface area contributed by atoms with Crippen molar-refractivity contribution >= 4 is 142 Å². The van der Waals surface area contributed by atoms with E-state index < -0.39 is 102 Å². The van der Waals surface area contributed by atoms with Crippen molar-refractivity contribution in [2.75, 3.05) is 99.1 Å². The van der Waals surface area contributed by atoms with Gasteiger partial charge in [-0.1, -0.05) is 73.4 Å². The van der Waals surface area contributed by atoms with Crippen molar-refractivity contribution in [2.24, 2.45) is 5.92 Å². The van der Waals surface area contributed by atoms with Gasteiger partial charge in [0.15, 0.2) is 0 Å². The third kappa shape index (κ3) is 102. The number of unbranched alkanes of at least 4 members (excludes halogenated alkanes) is 1. The van der Waals surface area contributed by atoms with Crippen LogP contribution >= 0.6 is 0 Å². The van der Waals surface area contributed by atoms with Crippen LogP contribution < -0.4 is 0 Å². The molecular formula is C90H132O40. The molecule has 0 fully saturated rings. The topological polar surface area (TPSA) is 557 Å². The van der Waals surface area contributed by atoms with Gasteiger partial charge in [-0.2, -0.15) is 0 Å². The van der Waals surface area contributed by atoms with Gasteiger partial charge in [-0.25, -0.2) is 38.4 Å². The van der Waals surface area contributed by atoms with Crippen molar-refractivity contribution in [1.29, 1.82) is 0 Å². The van der Waals surface area contributed by atoms with Crippen molar-refractivity contribution in [3.63, 3.8) is 0 Å². The van der Waals surface area contributed by atoms with Crippen LogP contribution in [-0.4, -0.2) is 247 Å². The van der Waals surface area contributed by atoms with Gasteiger partial charge in [-0.15, -0.1) is 0 Å². The summed E-state index contributed by atoms with van der Waals surface area (Å²) in [5.74, 6) is -9.93. The zero-order valence-electron chi connectivity index (χ0n) is 78.4. The Morgan fingerprint density at radius 3 is 0.715 bits per heavy atom. The number of rotatable bonds is 56. The molecule has 0 aliphatic rings. The Kier molecular flexibility index (Phi) is 85.5. The van der Waals surface area contributed by atoms with E-state index in [1.165, 1.54) is 83.1 Å². The van der Waals surface area contributed by atoms with Gasteiger partial charge in [-0.3, -0.25) is 67.1 Å². The predicted octanol–water partition coefficient (Wildman–Crippen LogP) is 8.78. The first-order valence-electron chi connectivity index (χ1n) is 40.2. The van der Waals surface area contributed by atoms with Crippen molar-refractivity contribution in [3.8, 4) is 0 Å². The van der Waals surface area contributed by atoms with Gasteiger partial charge in [0.05, 0.1) is 32.8 Å². The number of ether oxygens (including phenoxy) is 16. The normalized spacial score (nSPS) is 9.72. The molecule has 0 radical (unpaired) electrons. The average molecular weight is 1850 g/mol. The van der Waals surface area contributed by atoms with Gasteiger partial charge < -0.3 is 85.4 Å². The largest absolute Gasteiger partial charge is 0.465 e. The van der Waals surface area contributed by atoms with Crippen LogP contribution in [0.5, 0.6) is 0 Å². The lowest BCUT2D eigenvalue weighted by Gasteiger charge is -2.12. The molecule has 0 aromatic rings. The third-order valence-electron chi connectivity index (χ3n) is 13.1. The molecule has 0 aliphatic heterocycles. The lowest BCUT2D eigenvalue weighted by Crippen LogP contribution is -2.23. The first-order chi connectivity index (χ1) is 60.3. The lowest BCUT2D eigenvalue weighted by molar-refractivity contribution is -0.157. The quantitative estimate of drug-likeness (QED) is 0.0180. The summed E-state index contributed by atoms with van der Waals surface area (Å²) >= 11 is 0. The first kappa shape index (κ1) is 132. The summed E-state index contributed by atoms with van der Waals surface area (Å²) in [4.78, 5) is 261. The van der Waals surface area contributed by atoms with Crippen LogP contribution in [-0.2, 0) is 191 Å². The summed E-state index contributed by atoms with van der Waals surface area (Å²) in [6.45, 7) is 54.9. The lowest BCUT2D eigenvalue weighted by atomic mass is 10.1. The summed E-state index contributed by atoms with van der Waals surface area (Å²) in [7, 11) is 0. The van der Waals surface area contributed by atoms with E-state index in [9.17, 15) is 115 Å². The highest BCUT2D eigenvalue weighted by Gasteiger charge is 2.19. The highest BCUT2D eigenvalue weighted by atomic mass is 16.6. The maximum atomic E-state index is 11.2. The van der Waals surface area contributed by atoms with E-state index in [0.717, 1.165) is 0 Å². The van der Waals surface area contributed by atoms with Crippen LogP contribution in [0.4, 0.5) is 0 Å². The predicted molar refractivity (Wildman–Crippen MR) is 462 cm³/mol. The van der Waals surface area contributed by atoms with Crippen molar-refractivity contribution in [1.82, 2.24) is 0 Å². The molecule has 0 spiro atoms. The third-order valence-corrected chi connectivity index (χ3v) is 13.1. The molecule has 0 saturated carbocycles. The van der Waals surface area contributed by atoms with Gasteiger partial charge in [0.2, 0.25) is 0 Å². The fraction of sp³-hybridized carbons (Fsp3) is 0.556. The second-order valence-corrected chi connectivity index (χ2v) is 27.8. The van der Waals surface area contributed by atoms with Crippen LogP contribution in [0.15, 0.2) is 97.2 Å². The molecule has 0 amide bonds. The number of carbonyl (C=O) groups is 24. The molecule has 1 unspecified atom stereocenters. The molecule has 0 N–H and O–H groups in total. The molecule has 732 valence electrons. The standard InChI is InChI=1S/3C12H18O5.4C11H16O5.C10H14O5/c1-8(2)10(13)7-11(14)16-5-6-17-12(15)9(3)4;1-9(2)12(15)17-8-7-16-11(14)6-4-5-10(3)13;1-9(2)12(15)17-7-5-4-6-16-11(14)8-10(3)13;1-7(2)11(14)15-6-9(4)16-10(13)5-8(3)12;1-8(2)11(14)16-7-6-15-10(13)5-4-9(3)12;1-8(2)11(14)16-6-4-5-15-10(13)7-9(3)12;1-4-9(12)7-10(13)15-5-6-16-11(14)8(2)3;1-7(2)10(13)15-5-4-14-9(12)6-8(3)11/h8H,3,5-7H2,1-2,4H3;2*1,4-8H2,2-3H3;9H,1,5-6H2,2-4H3;2*1,4-7H2,2-3H3;2,4-7H2,1,3H3;1,4-6H2,2-3H3. The average Bonchev–Trinajstić information content (AvgIpc) is 0.902. The molecule has 0 rings (SSSR count). The summed E-state index contributed by atoms with van der Waals surface area (Å²) in [6, 6.07) is 0. The van der Waals surface area contributed by atoms with E-state index in [4.69, 9.17) is 56.8 Å². The number of hydrogen-bond acceptors (Lipinski definition) is 40. The Morgan fingerprint density at radius 2 is 0.438 bits per heavy atom. The maximum absolute atomic E-state index is 11.2. The Bertz CT molecular complexity index is 3860. The monoisotopic (exact) mass is 1850 g/mol. The Labute approximate surface area is 758 Å². The van der Waals surface area contributed by atoms with Crippen molar-refractivity contribution in [2.45, 2.75) is 227 Å². The second kappa shape index (κ2) is 84.0. The fourth-order valence-electron chi connectivity index (χ4n) is 6.50. The Hall–Kier alpha value is -13.2. The van der Waals surface area contributed by atoms with Crippen LogP contribution in [0.1, 0.15) is 221 Å². The second-order valence-electron chi connectivity index (χ2n) is 27.8. The van der Waals surface area contributed by atoms with Gasteiger partial charge in [0.25, 0.3) is 0 Å². The minimum atomic E-state index is -0.619. The Morgan fingerprint density at radius 1 is 0.215 bits per heavy atom. The molecule has 0 bridgehead atoms. The van der Waals surface area contributed by atoms with Gasteiger partial charge in [-0.05, 0) is 123 Å². The molecule has 1 atom stereocenters. The van der Waals surface area contributed by atoms with Gasteiger partial charge in [0.1, 0.15) is 164 Å². The van der Waals surface area contributed by atoms with Crippen LogP contribution in [0.3, 0.4) is 0 Å². The molecule has 40 heteroatoms.